The second kappa shape index (κ2) is 7.65. The molecule has 1 aliphatic rings. The average Bonchev–Trinajstić information content (AvgIpc) is 2.87. The Labute approximate surface area is 122 Å². The third-order valence-corrected chi connectivity index (χ3v) is 4.38. The first-order valence-electron chi connectivity index (χ1n) is 7.95. The summed E-state index contributed by atoms with van der Waals surface area (Å²) in [6.07, 6.45) is 4.08. The topological polar surface area (TPSA) is 57.6 Å². The van der Waals surface area contributed by atoms with Crippen LogP contribution in [0.25, 0.3) is 0 Å². The summed E-state index contributed by atoms with van der Waals surface area (Å²) in [5.41, 5.74) is 0. The number of carbonyl (C=O) groups is 2. The minimum atomic E-state index is -0.810. The fourth-order valence-corrected chi connectivity index (χ4v) is 3.31. The first-order valence-corrected chi connectivity index (χ1v) is 7.95. The van der Waals surface area contributed by atoms with Crippen LogP contribution in [0.1, 0.15) is 59.8 Å². The number of carboxylic acids is 1. The third kappa shape index (κ3) is 3.97. The molecule has 0 aromatic heterocycles. The van der Waals surface area contributed by atoms with Crippen molar-refractivity contribution in [1.29, 1.82) is 0 Å². The highest BCUT2D eigenvalue weighted by molar-refractivity contribution is 5.85. The summed E-state index contributed by atoms with van der Waals surface area (Å²) in [7, 11) is 0. The van der Waals surface area contributed by atoms with Crippen molar-refractivity contribution in [2.75, 3.05) is 6.54 Å². The largest absolute Gasteiger partial charge is 0.481 e. The molecule has 116 valence electrons. The number of carboxylic acid groups (broad SMARTS) is 1. The Morgan fingerprint density at radius 2 is 1.70 bits per heavy atom. The molecule has 1 amide bonds. The van der Waals surface area contributed by atoms with Crippen LogP contribution in [0.3, 0.4) is 0 Å². The lowest BCUT2D eigenvalue weighted by atomic mass is 9.93. The predicted octanol–water partition coefficient (Wildman–Crippen LogP) is 3.16. The maximum absolute atomic E-state index is 12.8. The molecular formula is C16H29NO3. The molecule has 1 fully saturated rings. The SMILES string of the molecule is CCC(CC)N(CC(C)C)C(=O)C1CCCC1C(=O)O. The van der Waals surface area contributed by atoms with Gasteiger partial charge in [0, 0.05) is 12.6 Å². The van der Waals surface area contributed by atoms with Crippen molar-refractivity contribution in [3.05, 3.63) is 0 Å². The lowest BCUT2D eigenvalue weighted by Crippen LogP contribution is -2.46. The standard InChI is InChI=1S/C16H29NO3/c1-5-12(6-2)17(10-11(3)4)15(18)13-8-7-9-14(13)16(19)20/h11-14H,5-10H2,1-4H3,(H,19,20). The van der Waals surface area contributed by atoms with Gasteiger partial charge >= 0.3 is 5.97 Å². The van der Waals surface area contributed by atoms with E-state index in [0.717, 1.165) is 32.2 Å². The molecule has 1 saturated carbocycles. The van der Waals surface area contributed by atoms with E-state index in [9.17, 15) is 14.7 Å². The van der Waals surface area contributed by atoms with E-state index in [2.05, 4.69) is 27.7 Å². The lowest BCUT2D eigenvalue weighted by molar-refractivity contribution is -0.150. The van der Waals surface area contributed by atoms with E-state index in [1.54, 1.807) is 0 Å². The summed E-state index contributed by atoms with van der Waals surface area (Å²) in [5.74, 6) is -1.13. The molecule has 0 saturated heterocycles. The maximum atomic E-state index is 12.8. The maximum Gasteiger partial charge on any atom is 0.307 e. The van der Waals surface area contributed by atoms with Gasteiger partial charge in [-0.15, -0.1) is 0 Å². The van der Waals surface area contributed by atoms with Gasteiger partial charge in [-0.25, -0.2) is 0 Å². The monoisotopic (exact) mass is 283 g/mol. The number of nitrogens with zero attached hydrogens (tertiary/aromatic N) is 1. The Morgan fingerprint density at radius 1 is 1.15 bits per heavy atom. The summed E-state index contributed by atoms with van der Waals surface area (Å²) >= 11 is 0. The van der Waals surface area contributed by atoms with E-state index in [1.165, 1.54) is 0 Å². The molecule has 0 spiro atoms. The minimum absolute atomic E-state index is 0.0669. The van der Waals surface area contributed by atoms with E-state index in [-0.39, 0.29) is 17.9 Å². The lowest BCUT2D eigenvalue weighted by Gasteiger charge is -2.35. The van der Waals surface area contributed by atoms with E-state index >= 15 is 0 Å². The van der Waals surface area contributed by atoms with Crippen molar-refractivity contribution in [3.63, 3.8) is 0 Å². The van der Waals surface area contributed by atoms with Crippen LogP contribution in [0.15, 0.2) is 0 Å². The van der Waals surface area contributed by atoms with Crippen LogP contribution in [0.5, 0.6) is 0 Å². The van der Waals surface area contributed by atoms with E-state index in [4.69, 9.17) is 0 Å². The van der Waals surface area contributed by atoms with Crippen molar-refractivity contribution < 1.29 is 14.7 Å². The Kier molecular flexibility index (Phi) is 6.50. The zero-order chi connectivity index (χ0) is 15.3. The molecule has 0 aromatic carbocycles. The van der Waals surface area contributed by atoms with E-state index in [1.807, 2.05) is 4.90 Å². The number of hydrogen-bond acceptors (Lipinski definition) is 2. The van der Waals surface area contributed by atoms with Crippen LogP contribution in [0.2, 0.25) is 0 Å². The Morgan fingerprint density at radius 3 is 2.15 bits per heavy atom. The molecule has 1 rings (SSSR count). The van der Waals surface area contributed by atoms with Crippen molar-refractivity contribution in [2.24, 2.45) is 17.8 Å². The third-order valence-electron chi connectivity index (χ3n) is 4.38. The van der Waals surface area contributed by atoms with Gasteiger partial charge in [0.25, 0.3) is 0 Å². The Balaban J connectivity index is 2.89. The van der Waals surface area contributed by atoms with Gasteiger partial charge < -0.3 is 10.0 Å². The van der Waals surface area contributed by atoms with Gasteiger partial charge in [0.05, 0.1) is 11.8 Å². The number of carbonyl (C=O) groups excluding carboxylic acids is 1. The quantitative estimate of drug-likeness (QED) is 0.780. The van der Waals surface area contributed by atoms with Crippen LogP contribution in [-0.4, -0.2) is 34.5 Å². The van der Waals surface area contributed by atoms with Crippen LogP contribution < -0.4 is 0 Å². The molecule has 20 heavy (non-hydrogen) atoms. The fraction of sp³-hybridized carbons (Fsp3) is 0.875. The van der Waals surface area contributed by atoms with Crippen molar-refractivity contribution in [3.8, 4) is 0 Å². The number of rotatable bonds is 7. The molecule has 0 radical (unpaired) electrons. The molecule has 1 N–H and O–H groups in total. The fourth-order valence-electron chi connectivity index (χ4n) is 3.31. The highest BCUT2D eigenvalue weighted by Crippen LogP contribution is 2.34. The van der Waals surface area contributed by atoms with Gasteiger partial charge in [-0.05, 0) is 31.6 Å². The van der Waals surface area contributed by atoms with Gasteiger partial charge in [0.2, 0.25) is 5.91 Å². The molecule has 4 nitrogen and oxygen atoms in total. The number of hydrogen-bond donors (Lipinski definition) is 1. The summed E-state index contributed by atoms with van der Waals surface area (Å²) in [5, 5.41) is 9.28. The molecule has 4 heteroatoms. The van der Waals surface area contributed by atoms with Crippen molar-refractivity contribution in [1.82, 2.24) is 4.90 Å². The minimum Gasteiger partial charge on any atom is -0.481 e. The molecule has 1 aliphatic carbocycles. The average molecular weight is 283 g/mol. The molecule has 2 atom stereocenters. The van der Waals surface area contributed by atoms with Crippen LogP contribution in [0, 0.1) is 17.8 Å². The predicted molar refractivity (Wildman–Crippen MR) is 79.4 cm³/mol. The first kappa shape index (κ1) is 17.0. The van der Waals surface area contributed by atoms with Gasteiger partial charge in [0.15, 0.2) is 0 Å². The van der Waals surface area contributed by atoms with Gasteiger partial charge in [-0.2, -0.15) is 0 Å². The summed E-state index contributed by atoms with van der Waals surface area (Å²) in [6.45, 7) is 9.13. The van der Waals surface area contributed by atoms with Gasteiger partial charge in [-0.3, -0.25) is 9.59 Å². The highest BCUT2D eigenvalue weighted by Gasteiger charge is 2.40. The smallest absolute Gasteiger partial charge is 0.307 e. The molecule has 2 unspecified atom stereocenters. The van der Waals surface area contributed by atoms with Crippen LogP contribution in [-0.2, 0) is 9.59 Å². The first-order chi connectivity index (χ1) is 9.42. The molecule has 0 heterocycles. The number of aliphatic carboxylic acids is 1. The highest BCUT2D eigenvalue weighted by atomic mass is 16.4. The zero-order valence-corrected chi connectivity index (χ0v) is 13.3. The van der Waals surface area contributed by atoms with Gasteiger partial charge in [0.1, 0.15) is 0 Å². The number of amides is 1. The molecule has 0 aromatic rings. The molecule has 0 bridgehead atoms. The van der Waals surface area contributed by atoms with Crippen LogP contribution in [0.4, 0.5) is 0 Å². The van der Waals surface area contributed by atoms with Crippen LogP contribution >= 0.6 is 0 Å². The summed E-state index contributed by atoms with van der Waals surface area (Å²) in [6, 6.07) is 0.236. The van der Waals surface area contributed by atoms with E-state index in [0.29, 0.717) is 12.3 Å². The molecule has 0 aliphatic heterocycles. The molecular weight excluding hydrogens is 254 g/mol. The second-order valence-electron chi connectivity index (χ2n) is 6.34. The van der Waals surface area contributed by atoms with Crippen molar-refractivity contribution >= 4 is 11.9 Å². The summed E-state index contributed by atoms with van der Waals surface area (Å²) < 4.78 is 0. The van der Waals surface area contributed by atoms with Crippen molar-refractivity contribution in [2.45, 2.75) is 65.8 Å². The second-order valence-corrected chi connectivity index (χ2v) is 6.34. The Hall–Kier alpha value is -1.06. The summed E-state index contributed by atoms with van der Waals surface area (Å²) in [4.78, 5) is 26.1. The zero-order valence-electron chi connectivity index (χ0n) is 13.3. The Bertz CT molecular complexity index is 337. The van der Waals surface area contributed by atoms with E-state index < -0.39 is 11.9 Å². The van der Waals surface area contributed by atoms with Gasteiger partial charge in [-0.1, -0.05) is 34.1 Å². The normalized spacial score (nSPS) is 22.5.